The molecule has 0 aromatic rings. The third-order valence-electron chi connectivity index (χ3n) is 0. The van der Waals surface area contributed by atoms with E-state index < -0.39 is 0 Å². The van der Waals surface area contributed by atoms with Crippen molar-refractivity contribution in [3.63, 3.8) is 0 Å². The van der Waals surface area contributed by atoms with Gasteiger partial charge < -0.3 is 0 Å². The third kappa shape index (κ3) is 8.84. The first-order chi connectivity index (χ1) is 0. The Balaban J connectivity index is 0. The molecule has 0 aliphatic carbocycles. The van der Waals surface area contributed by atoms with Crippen molar-refractivity contribution in [2.24, 2.45) is 0 Å². The molecule has 25 valence electrons. The van der Waals surface area contributed by atoms with Gasteiger partial charge in [-0.25, -0.2) is 0 Å². The molecule has 0 bridgehead atoms. The molecular weight excluding hydrogens is 279 g/mol. The molecule has 0 saturated carbocycles. The summed E-state index contributed by atoms with van der Waals surface area (Å²) in [6.07, 6.45) is 0. The van der Waals surface area contributed by atoms with Crippen molar-refractivity contribution in [2.45, 2.75) is 0 Å². The van der Waals surface area contributed by atoms with Crippen molar-refractivity contribution in [2.75, 3.05) is 0 Å². The van der Waals surface area contributed by atoms with Crippen LogP contribution < -0.4 is 0 Å². The molecule has 0 heterocycles. The molecule has 5 radical (unpaired) electrons. The zero-order valence-electron chi connectivity index (χ0n) is 2.22. The molecule has 0 saturated heterocycles. The summed E-state index contributed by atoms with van der Waals surface area (Å²) in [6.45, 7) is 0. The molecule has 0 aliphatic rings. The standard InChI is InChI=1S/Cu.H3P.Sn.Zn/h;1H3;;. The molecule has 0 aromatic carbocycles. The van der Waals surface area contributed by atoms with Crippen LogP contribution in [-0.2, 0) is 36.5 Å². The minimum atomic E-state index is 0. The van der Waals surface area contributed by atoms with Crippen LogP contribution in [0.15, 0.2) is 0 Å². The molecule has 0 fully saturated rings. The Kier molecular flexibility index (Phi) is 149. The first-order valence-electron chi connectivity index (χ1n) is 0. The second-order valence-corrected chi connectivity index (χ2v) is 0. The maximum Gasteiger partial charge on any atom is 0 e. The summed E-state index contributed by atoms with van der Waals surface area (Å²) < 4.78 is 0. The summed E-state index contributed by atoms with van der Waals surface area (Å²) in [6, 6.07) is 0. The van der Waals surface area contributed by atoms with E-state index in [9.17, 15) is 0 Å². The van der Waals surface area contributed by atoms with Gasteiger partial charge in [-0.1, -0.05) is 0 Å². The van der Waals surface area contributed by atoms with E-state index in [-0.39, 0.29) is 70.4 Å². The van der Waals surface area contributed by atoms with Gasteiger partial charge in [-0.2, -0.15) is 9.90 Å². The molecule has 0 nitrogen and oxygen atoms in total. The van der Waals surface area contributed by atoms with Crippen molar-refractivity contribution in [3.05, 3.63) is 0 Å². The smallest absolute Gasteiger partial charge is 0 e. The van der Waals surface area contributed by atoms with Crippen LogP contribution in [0.5, 0.6) is 0 Å². The van der Waals surface area contributed by atoms with Crippen molar-refractivity contribution >= 4 is 33.8 Å². The molecular formula is H3CuPSnZn. The van der Waals surface area contributed by atoms with Crippen LogP contribution in [0.4, 0.5) is 0 Å². The predicted molar refractivity (Wildman–Crippen MR) is 16.9 cm³/mol. The minimum absolute atomic E-state index is 0. The fourth-order valence-corrected chi connectivity index (χ4v) is 0. The Morgan fingerprint density at radius 2 is 1.00 bits per heavy atom. The van der Waals surface area contributed by atoms with Crippen molar-refractivity contribution in [1.29, 1.82) is 0 Å². The van der Waals surface area contributed by atoms with E-state index in [1.165, 1.54) is 0 Å². The summed E-state index contributed by atoms with van der Waals surface area (Å²) >= 11 is 0. The second kappa shape index (κ2) is 18.3. The zero-order valence-corrected chi connectivity index (χ0v) is 10.4. The number of hydrogen-bond donors (Lipinski definition) is 0. The first-order valence-corrected chi connectivity index (χ1v) is 0. The van der Waals surface area contributed by atoms with Crippen LogP contribution in [-0.4, -0.2) is 23.9 Å². The Morgan fingerprint density at radius 1 is 1.00 bits per heavy atom. The fraction of sp³-hybridized carbons (Fsp3) is 0. The van der Waals surface area contributed by atoms with Gasteiger partial charge in [0.1, 0.15) is 0 Å². The maximum absolute atomic E-state index is 0. The van der Waals surface area contributed by atoms with Crippen molar-refractivity contribution < 1.29 is 36.5 Å². The van der Waals surface area contributed by atoms with Gasteiger partial charge in [-0.3, -0.25) is 0 Å². The average Bonchev–Trinajstić information content (AvgIpc) is 0. The van der Waals surface area contributed by atoms with Crippen LogP contribution in [0.3, 0.4) is 0 Å². The van der Waals surface area contributed by atoms with Crippen LogP contribution in [0.1, 0.15) is 0 Å². The summed E-state index contributed by atoms with van der Waals surface area (Å²) in [5.41, 5.74) is 0. The Bertz CT molecular complexity index is 8.00. The summed E-state index contributed by atoms with van der Waals surface area (Å²) in [5.74, 6) is 0. The molecule has 4 heteroatoms. The predicted octanol–water partition coefficient (Wildman–Crippen LogP) is -0.328. The average molecular weight is 282 g/mol. The molecule has 4 heavy (non-hydrogen) atoms. The summed E-state index contributed by atoms with van der Waals surface area (Å²) in [4.78, 5) is 0. The van der Waals surface area contributed by atoms with Crippen LogP contribution >= 0.6 is 9.90 Å². The molecule has 0 amide bonds. The van der Waals surface area contributed by atoms with E-state index in [1.807, 2.05) is 0 Å². The van der Waals surface area contributed by atoms with E-state index in [2.05, 4.69) is 0 Å². The monoisotopic (exact) mass is 281 g/mol. The van der Waals surface area contributed by atoms with Crippen LogP contribution in [0.2, 0.25) is 0 Å². The normalized spacial score (nSPS) is 0. The molecule has 0 spiro atoms. The van der Waals surface area contributed by atoms with Gasteiger partial charge in [0.2, 0.25) is 0 Å². The summed E-state index contributed by atoms with van der Waals surface area (Å²) in [5, 5.41) is 0. The van der Waals surface area contributed by atoms with Gasteiger partial charge in [0.15, 0.2) is 0 Å². The van der Waals surface area contributed by atoms with Crippen molar-refractivity contribution in [1.82, 2.24) is 0 Å². The maximum atomic E-state index is 0. The molecule has 0 rings (SSSR count). The summed E-state index contributed by atoms with van der Waals surface area (Å²) in [7, 11) is 0. The Labute approximate surface area is 69.7 Å². The van der Waals surface area contributed by atoms with Gasteiger partial charge in [0.05, 0.1) is 0 Å². The van der Waals surface area contributed by atoms with Gasteiger partial charge in [0.25, 0.3) is 0 Å². The van der Waals surface area contributed by atoms with Crippen molar-refractivity contribution in [3.8, 4) is 0 Å². The Morgan fingerprint density at radius 3 is 1.00 bits per heavy atom. The molecule has 1 unspecified atom stereocenters. The quantitative estimate of drug-likeness (QED) is 0.421. The van der Waals surface area contributed by atoms with Gasteiger partial charge in [-0.05, 0) is 0 Å². The fourth-order valence-electron chi connectivity index (χ4n) is 0. The minimum Gasteiger partial charge on any atom is -0.153 e. The molecule has 0 N–H and O–H groups in total. The van der Waals surface area contributed by atoms with Gasteiger partial charge >= 0.3 is 0 Å². The van der Waals surface area contributed by atoms with Crippen LogP contribution in [0, 0.1) is 0 Å². The SMILES string of the molecule is P.[Cu].[Sn].[Zn]. The third-order valence-corrected chi connectivity index (χ3v) is 0. The number of hydrogen-bond acceptors (Lipinski definition) is 0. The van der Waals surface area contributed by atoms with Crippen LogP contribution in [0.25, 0.3) is 0 Å². The number of rotatable bonds is 0. The zero-order chi connectivity index (χ0) is 0. The van der Waals surface area contributed by atoms with E-state index >= 15 is 0 Å². The van der Waals surface area contributed by atoms with E-state index in [1.54, 1.807) is 0 Å². The van der Waals surface area contributed by atoms with E-state index in [0.29, 0.717) is 0 Å². The molecule has 0 aromatic heterocycles. The van der Waals surface area contributed by atoms with Gasteiger partial charge in [0, 0.05) is 60.5 Å². The second-order valence-electron chi connectivity index (χ2n) is 0. The van der Waals surface area contributed by atoms with E-state index in [4.69, 9.17) is 0 Å². The topological polar surface area (TPSA) is 0 Å². The first kappa shape index (κ1) is 32.7. The van der Waals surface area contributed by atoms with Gasteiger partial charge in [-0.15, -0.1) is 0 Å². The molecule has 1 atom stereocenters. The largest absolute Gasteiger partial charge is 0.153 e. The Hall–Kier alpha value is 2.37. The van der Waals surface area contributed by atoms with E-state index in [0.717, 1.165) is 0 Å². The molecule has 0 aliphatic heterocycles.